The third kappa shape index (κ3) is 2.76. The van der Waals surface area contributed by atoms with Crippen LogP contribution in [0.2, 0.25) is 0 Å². The molecule has 1 fully saturated rings. The zero-order chi connectivity index (χ0) is 15.0. The zero-order valence-electron chi connectivity index (χ0n) is 13.0. The number of para-hydroxylation sites is 1. The lowest BCUT2D eigenvalue weighted by Crippen LogP contribution is -2.11. The maximum Gasteiger partial charge on any atom is 0.146 e. The van der Waals surface area contributed by atoms with Gasteiger partial charge < -0.3 is 9.30 Å². The fraction of sp³-hybridized carbons (Fsp3) is 0.588. The third-order valence-electron chi connectivity index (χ3n) is 4.59. The highest BCUT2D eigenvalue weighted by atomic mass is 35.5. The van der Waals surface area contributed by atoms with Crippen LogP contribution in [0.3, 0.4) is 0 Å². The molecule has 3 atom stereocenters. The van der Waals surface area contributed by atoms with E-state index in [0.29, 0.717) is 0 Å². The monoisotopic (exact) mass is 306 g/mol. The van der Waals surface area contributed by atoms with E-state index in [1.807, 2.05) is 19.1 Å². The van der Waals surface area contributed by atoms with E-state index in [0.717, 1.165) is 41.0 Å². The number of halogens is 1. The third-order valence-corrected chi connectivity index (χ3v) is 4.79. The number of rotatable bonds is 4. The molecule has 4 heteroatoms. The quantitative estimate of drug-likeness (QED) is 0.760. The van der Waals surface area contributed by atoms with Crippen molar-refractivity contribution in [2.24, 2.45) is 11.8 Å². The van der Waals surface area contributed by atoms with Crippen molar-refractivity contribution < 1.29 is 4.74 Å². The minimum Gasteiger partial charge on any atom is -0.494 e. The summed E-state index contributed by atoms with van der Waals surface area (Å²) >= 11 is 6.37. The summed E-state index contributed by atoms with van der Waals surface area (Å²) in [4.78, 5) is 4.75. The van der Waals surface area contributed by atoms with E-state index in [1.165, 1.54) is 19.3 Å². The molecule has 2 aromatic rings. The molecule has 1 aromatic heterocycles. The largest absolute Gasteiger partial charge is 0.494 e. The van der Waals surface area contributed by atoms with E-state index in [2.05, 4.69) is 17.6 Å². The number of aromatic nitrogens is 2. The maximum absolute atomic E-state index is 6.37. The van der Waals surface area contributed by atoms with E-state index in [1.54, 1.807) is 7.11 Å². The van der Waals surface area contributed by atoms with E-state index in [4.69, 9.17) is 21.3 Å². The zero-order valence-corrected chi connectivity index (χ0v) is 13.7. The number of hydrogen-bond donors (Lipinski definition) is 0. The van der Waals surface area contributed by atoms with Gasteiger partial charge in [0.05, 0.1) is 18.0 Å². The molecule has 1 aliphatic rings. The van der Waals surface area contributed by atoms with Crippen LogP contribution >= 0.6 is 11.6 Å². The average molecular weight is 307 g/mol. The smallest absolute Gasteiger partial charge is 0.146 e. The Bertz CT molecular complexity index is 635. The van der Waals surface area contributed by atoms with Gasteiger partial charge in [-0.25, -0.2) is 4.98 Å². The van der Waals surface area contributed by atoms with Crippen LogP contribution in [-0.4, -0.2) is 16.7 Å². The molecular formula is C17H23ClN2O. The first-order chi connectivity index (χ1) is 10.1. The molecule has 1 aromatic carbocycles. The molecule has 1 saturated carbocycles. The van der Waals surface area contributed by atoms with Gasteiger partial charge >= 0.3 is 0 Å². The van der Waals surface area contributed by atoms with Gasteiger partial charge in [-0.15, -0.1) is 11.6 Å². The number of nitrogens with zero attached hydrogens (tertiary/aromatic N) is 2. The van der Waals surface area contributed by atoms with Gasteiger partial charge in [-0.2, -0.15) is 0 Å². The van der Waals surface area contributed by atoms with Crippen LogP contribution in [0.4, 0.5) is 0 Å². The Morgan fingerprint density at radius 2 is 2.24 bits per heavy atom. The standard InChI is InChI=1S/C17H23ClN2O/c1-11-7-8-13(9-11)10-20-14-5-4-6-15(21-3)16(14)19-17(20)12(2)18/h4-6,11-13H,7-10H2,1-3H3. The Kier molecular flexibility index (Phi) is 4.12. The van der Waals surface area contributed by atoms with E-state index < -0.39 is 0 Å². The van der Waals surface area contributed by atoms with Crippen LogP contribution in [0.1, 0.15) is 44.3 Å². The van der Waals surface area contributed by atoms with Crippen LogP contribution in [0.15, 0.2) is 18.2 Å². The Labute approximate surface area is 131 Å². The summed E-state index contributed by atoms with van der Waals surface area (Å²) in [6, 6.07) is 6.10. The van der Waals surface area contributed by atoms with Crippen molar-refractivity contribution >= 4 is 22.6 Å². The van der Waals surface area contributed by atoms with Crippen LogP contribution in [0.25, 0.3) is 11.0 Å². The lowest BCUT2D eigenvalue weighted by molar-refractivity contribution is 0.419. The number of ether oxygens (including phenoxy) is 1. The molecule has 0 N–H and O–H groups in total. The number of alkyl halides is 1. The van der Waals surface area contributed by atoms with Gasteiger partial charge in [0.15, 0.2) is 0 Å². The highest BCUT2D eigenvalue weighted by Crippen LogP contribution is 2.35. The molecule has 0 bridgehead atoms. The second-order valence-corrected chi connectivity index (χ2v) is 6.96. The van der Waals surface area contributed by atoms with Crippen LogP contribution < -0.4 is 4.74 Å². The molecule has 21 heavy (non-hydrogen) atoms. The normalized spacial score (nSPS) is 23.6. The number of imidazole rings is 1. The molecule has 0 spiro atoms. The van der Waals surface area contributed by atoms with E-state index in [-0.39, 0.29) is 5.38 Å². The Morgan fingerprint density at radius 1 is 1.43 bits per heavy atom. The summed E-state index contributed by atoms with van der Waals surface area (Å²) in [6.07, 6.45) is 3.95. The molecule has 3 rings (SSSR count). The summed E-state index contributed by atoms with van der Waals surface area (Å²) in [5.41, 5.74) is 2.06. The minimum atomic E-state index is -0.0964. The van der Waals surface area contributed by atoms with Crippen molar-refractivity contribution in [2.75, 3.05) is 7.11 Å². The van der Waals surface area contributed by atoms with Gasteiger partial charge in [0.2, 0.25) is 0 Å². The Balaban J connectivity index is 2.04. The van der Waals surface area contributed by atoms with Crippen molar-refractivity contribution in [2.45, 2.75) is 45.0 Å². The van der Waals surface area contributed by atoms with Crippen molar-refractivity contribution in [1.82, 2.24) is 9.55 Å². The van der Waals surface area contributed by atoms with E-state index >= 15 is 0 Å². The second kappa shape index (κ2) is 5.88. The molecular weight excluding hydrogens is 284 g/mol. The first-order valence-corrected chi connectivity index (χ1v) is 8.21. The van der Waals surface area contributed by atoms with Gasteiger partial charge in [0.1, 0.15) is 17.1 Å². The molecule has 0 amide bonds. The fourth-order valence-corrected chi connectivity index (χ4v) is 3.72. The molecule has 3 unspecified atom stereocenters. The number of methoxy groups -OCH3 is 1. The number of fused-ring (bicyclic) bond motifs is 1. The van der Waals surface area contributed by atoms with Crippen molar-refractivity contribution in [3.05, 3.63) is 24.0 Å². The number of benzene rings is 1. The predicted molar refractivity (Wildman–Crippen MR) is 87.1 cm³/mol. The Hall–Kier alpha value is -1.22. The summed E-state index contributed by atoms with van der Waals surface area (Å²) in [5, 5.41) is -0.0964. The lowest BCUT2D eigenvalue weighted by atomic mass is 10.1. The number of hydrogen-bond acceptors (Lipinski definition) is 2. The van der Waals surface area contributed by atoms with Crippen LogP contribution in [-0.2, 0) is 6.54 Å². The first kappa shape index (κ1) is 14.7. The summed E-state index contributed by atoms with van der Waals surface area (Å²) < 4.78 is 7.75. The fourth-order valence-electron chi connectivity index (χ4n) is 3.55. The Morgan fingerprint density at radius 3 is 2.86 bits per heavy atom. The van der Waals surface area contributed by atoms with Crippen LogP contribution in [0, 0.1) is 11.8 Å². The van der Waals surface area contributed by atoms with Crippen molar-refractivity contribution in [3.8, 4) is 5.75 Å². The SMILES string of the molecule is COc1cccc2c1nc(C(C)Cl)n2CC1CCC(C)C1. The molecule has 114 valence electrons. The van der Waals surface area contributed by atoms with Gasteiger partial charge in [0, 0.05) is 6.54 Å². The van der Waals surface area contributed by atoms with Gasteiger partial charge in [0.25, 0.3) is 0 Å². The molecule has 0 saturated heterocycles. The van der Waals surface area contributed by atoms with Crippen LogP contribution in [0.5, 0.6) is 5.75 Å². The molecule has 3 nitrogen and oxygen atoms in total. The minimum absolute atomic E-state index is 0.0964. The first-order valence-electron chi connectivity index (χ1n) is 7.77. The molecule has 1 aliphatic carbocycles. The molecule has 0 aliphatic heterocycles. The highest BCUT2D eigenvalue weighted by molar-refractivity contribution is 6.20. The summed E-state index contributed by atoms with van der Waals surface area (Å²) in [7, 11) is 1.69. The summed E-state index contributed by atoms with van der Waals surface area (Å²) in [6.45, 7) is 5.35. The van der Waals surface area contributed by atoms with E-state index in [9.17, 15) is 0 Å². The van der Waals surface area contributed by atoms with Crippen molar-refractivity contribution in [1.29, 1.82) is 0 Å². The second-order valence-electron chi connectivity index (χ2n) is 6.31. The van der Waals surface area contributed by atoms with Crippen molar-refractivity contribution in [3.63, 3.8) is 0 Å². The van der Waals surface area contributed by atoms with Gasteiger partial charge in [-0.1, -0.05) is 19.4 Å². The molecule has 1 heterocycles. The topological polar surface area (TPSA) is 27.1 Å². The van der Waals surface area contributed by atoms with Gasteiger partial charge in [-0.05, 0) is 43.7 Å². The molecule has 0 radical (unpaired) electrons. The highest BCUT2D eigenvalue weighted by Gasteiger charge is 2.25. The average Bonchev–Trinajstić information content (AvgIpc) is 3.03. The predicted octanol–water partition coefficient (Wildman–Crippen LogP) is 4.78. The van der Waals surface area contributed by atoms with Gasteiger partial charge in [-0.3, -0.25) is 0 Å². The lowest BCUT2D eigenvalue weighted by Gasteiger charge is -2.15. The summed E-state index contributed by atoms with van der Waals surface area (Å²) in [5.74, 6) is 3.36. The maximum atomic E-state index is 6.37.